The third-order valence-electron chi connectivity index (χ3n) is 3.11. The van der Waals surface area contributed by atoms with E-state index in [1.807, 2.05) is 38.1 Å². The van der Waals surface area contributed by atoms with Crippen molar-refractivity contribution in [2.24, 2.45) is 0 Å². The molecular weight excluding hydrogens is 224 g/mol. The monoisotopic (exact) mass is 238 g/mol. The van der Waals surface area contributed by atoms with Crippen molar-refractivity contribution in [3.8, 4) is 11.4 Å². The zero-order valence-corrected chi connectivity index (χ0v) is 10.4. The average molecular weight is 238 g/mol. The van der Waals surface area contributed by atoms with Gasteiger partial charge < -0.3 is 10.7 Å². The molecule has 0 radical (unpaired) electrons. The first-order valence-corrected chi connectivity index (χ1v) is 5.83. The van der Waals surface area contributed by atoms with Gasteiger partial charge in [0.2, 0.25) is 0 Å². The van der Waals surface area contributed by atoms with Crippen LogP contribution < -0.4 is 5.73 Å². The van der Waals surface area contributed by atoms with Gasteiger partial charge in [0, 0.05) is 17.4 Å². The SMILES string of the molecule is Cc1cc(N)ccc1-c1nc2nccc(C)c2[nH]1. The molecule has 0 saturated carbocycles. The van der Waals surface area contributed by atoms with E-state index in [9.17, 15) is 0 Å². The van der Waals surface area contributed by atoms with Crippen molar-refractivity contribution >= 4 is 16.9 Å². The fraction of sp³-hybridized carbons (Fsp3) is 0.143. The van der Waals surface area contributed by atoms with E-state index in [0.717, 1.165) is 39.4 Å². The molecule has 0 bridgehead atoms. The van der Waals surface area contributed by atoms with Gasteiger partial charge in [0.05, 0.1) is 5.52 Å². The molecule has 18 heavy (non-hydrogen) atoms. The Balaban J connectivity index is 2.23. The van der Waals surface area contributed by atoms with E-state index < -0.39 is 0 Å². The second kappa shape index (κ2) is 3.84. The number of fused-ring (bicyclic) bond motifs is 1. The summed E-state index contributed by atoms with van der Waals surface area (Å²) in [5.74, 6) is 0.837. The summed E-state index contributed by atoms with van der Waals surface area (Å²) in [5.41, 5.74) is 11.6. The molecule has 3 aromatic rings. The normalized spacial score (nSPS) is 11.0. The number of hydrogen-bond acceptors (Lipinski definition) is 3. The summed E-state index contributed by atoms with van der Waals surface area (Å²) in [5, 5.41) is 0. The maximum absolute atomic E-state index is 5.76. The second-order valence-corrected chi connectivity index (χ2v) is 4.49. The Morgan fingerprint density at radius 2 is 1.94 bits per heavy atom. The maximum atomic E-state index is 5.76. The molecule has 0 atom stereocenters. The number of pyridine rings is 1. The highest BCUT2D eigenvalue weighted by Gasteiger charge is 2.09. The second-order valence-electron chi connectivity index (χ2n) is 4.49. The van der Waals surface area contributed by atoms with Crippen molar-refractivity contribution in [1.82, 2.24) is 15.0 Å². The van der Waals surface area contributed by atoms with Crippen molar-refractivity contribution in [2.75, 3.05) is 5.73 Å². The molecular formula is C14H14N4. The summed E-state index contributed by atoms with van der Waals surface area (Å²) < 4.78 is 0. The van der Waals surface area contributed by atoms with Gasteiger partial charge in [-0.15, -0.1) is 0 Å². The molecule has 0 aliphatic carbocycles. The van der Waals surface area contributed by atoms with E-state index in [0.29, 0.717) is 0 Å². The Kier molecular flexibility index (Phi) is 2.30. The van der Waals surface area contributed by atoms with Gasteiger partial charge >= 0.3 is 0 Å². The molecule has 3 rings (SSSR count). The molecule has 3 N–H and O–H groups in total. The number of imidazole rings is 1. The van der Waals surface area contributed by atoms with Crippen LogP contribution in [0.2, 0.25) is 0 Å². The summed E-state index contributed by atoms with van der Waals surface area (Å²) in [4.78, 5) is 12.1. The van der Waals surface area contributed by atoms with E-state index in [1.54, 1.807) is 6.20 Å². The number of benzene rings is 1. The van der Waals surface area contributed by atoms with Gasteiger partial charge in [0.1, 0.15) is 5.82 Å². The largest absolute Gasteiger partial charge is 0.399 e. The van der Waals surface area contributed by atoms with Gasteiger partial charge in [-0.2, -0.15) is 0 Å². The molecule has 0 amide bonds. The number of nitrogens with zero attached hydrogens (tertiary/aromatic N) is 2. The van der Waals surface area contributed by atoms with Gasteiger partial charge in [-0.1, -0.05) is 0 Å². The molecule has 0 saturated heterocycles. The van der Waals surface area contributed by atoms with Gasteiger partial charge in [0.15, 0.2) is 5.65 Å². The number of aromatic amines is 1. The lowest BCUT2D eigenvalue weighted by Gasteiger charge is -2.03. The summed E-state index contributed by atoms with van der Waals surface area (Å²) in [7, 11) is 0. The smallest absolute Gasteiger partial charge is 0.178 e. The van der Waals surface area contributed by atoms with Crippen LogP contribution in [-0.2, 0) is 0 Å². The summed E-state index contributed by atoms with van der Waals surface area (Å²) in [6.07, 6.45) is 1.78. The van der Waals surface area contributed by atoms with Crippen molar-refractivity contribution < 1.29 is 0 Å². The highest BCUT2D eigenvalue weighted by Crippen LogP contribution is 2.25. The lowest BCUT2D eigenvalue weighted by Crippen LogP contribution is -1.89. The minimum atomic E-state index is 0.751. The molecule has 0 unspecified atom stereocenters. The van der Waals surface area contributed by atoms with E-state index in [1.165, 1.54) is 0 Å². The predicted octanol–water partition coefficient (Wildman–Crippen LogP) is 2.82. The number of nitrogens with two attached hydrogens (primary N) is 1. The van der Waals surface area contributed by atoms with Crippen molar-refractivity contribution in [3.05, 3.63) is 41.6 Å². The van der Waals surface area contributed by atoms with Crippen molar-refractivity contribution in [3.63, 3.8) is 0 Å². The molecule has 0 aliphatic heterocycles. The minimum Gasteiger partial charge on any atom is -0.399 e. The lowest BCUT2D eigenvalue weighted by molar-refractivity contribution is 1.28. The number of rotatable bonds is 1. The third-order valence-corrected chi connectivity index (χ3v) is 3.11. The van der Waals surface area contributed by atoms with E-state index in [-0.39, 0.29) is 0 Å². The molecule has 4 nitrogen and oxygen atoms in total. The van der Waals surface area contributed by atoms with Crippen LogP contribution in [0.5, 0.6) is 0 Å². The number of H-pyrrole nitrogens is 1. The number of nitrogen functional groups attached to an aromatic ring is 1. The van der Waals surface area contributed by atoms with E-state index >= 15 is 0 Å². The lowest BCUT2D eigenvalue weighted by atomic mass is 10.1. The molecule has 2 heterocycles. The van der Waals surface area contributed by atoms with Crippen molar-refractivity contribution in [1.29, 1.82) is 0 Å². The van der Waals surface area contributed by atoms with Crippen LogP contribution in [0.25, 0.3) is 22.6 Å². The topological polar surface area (TPSA) is 67.6 Å². The fourth-order valence-electron chi connectivity index (χ4n) is 2.12. The molecule has 1 aromatic carbocycles. The van der Waals surface area contributed by atoms with Crippen LogP contribution in [0.4, 0.5) is 5.69 Å². The van der Waals surface area contributed by atoms with Crippen LogP contribution in [0.15, 0.2) is 30.5 Å². The minimum absolute atomic E-state index is 0.751. The summed E-state index contributed by atoms with van der Waals surface area (Å²) in [6, 6.07) is 7.79. The Bertz CT molecular complexity index is 728. The standard InChI is InChI=1S/C14H14N4/c1-8-5-6-16-14-12(8)17-13(18-14)11-4-3-10(15)7-9(11)2/h3-7H,15H2,1-2H3,(H,16,17,18). The van der Waals surface area contributed by atoms with Gasteiger partial charge in [-0.25, -0.2) is 9.97 Å². The molecule has 0 fully saturated rings. The number of aryl methyl sites for hydroxylation is 2. The van der Waals surface area contributed by atoms with Crippen LogP contribution >= 0.6 is 0 Å². The van der Waals surface area contributed by atoms with Crippen molar-refractivity contribution in [2.45, 2.75) is 13.8 Å². The Morgan fingerprint density at radius 3 is 2.67 bits per heavy atom. The zero-order chi connectivity index (χ0) is 12.7. The molecule has 0 spiro atoms. The van der Waals surface area contributed by atoms with Gasteiger partial charge in [0.25, 0.3) is 0 Å². The van der Waals surface area contributed by atoms with Crippen LogP contribution in [0.3, 0.4) is 0 Å². The Hall–Kier alpha value is -2.36. The molecule has 4 heteroatoms. The highest BCUT2D eigenvalue weighted by molar-refractivity contribution is 5.79. The summed E-state index contributed by atoms with van der Waals surface area (Å²) >= 11 is 0. The number of anilines is 1. The third kappa shape index (κ3) is 1.62. The number of aromatic nitrogens is 3. The van der Waals surface area contributed by atoms with Crippen LogP contribution in [0, 0.1) is 13.8 Å². The van der Waals surface area contributed by atoms with Gasteiger partial charge in [-0.3, -0.25) is 0 Å². The van der Waals surface area contributed by atoms with Crippen LogP contribution in [-0.4, -0.2) is 15.0 Å². The number of hydrogen-bond donors (Lipinski definition) is 2. The molecule has 2 aromatic heterocycles. The quantitative estimate of drug-likeness (QED) is 0.640. The first-order valence-electron chi connectivity index (χ1n) is 5.83. The average Bonchev–Trinajstić information content (AvgIpc) is 2.74. The first kappa shape index (κ1) is 10.8. The van der Waals surface area contributed by atoms with E-state index in [2.05, 4.69) is 15.0 Å². The Labute approximate surface area is 105 Å². The molecule has 0 aliphatic rings. The molecule has 90 valence electrons. The Morgan fingerprint density at radius 1 is 1.11 bits per heavy atom. The van der Waals surface area contributed by atoms with Gasteiger partial charge in [-0.05, 0) is 49.2 Å². The van der Waals surface area contributed by atoms with E-state index in [4.69, 9.17) is 5.73 Å². The zero-order valence-electron chi connectivity index (χ0n) is 10.4. The predicted molar refractivity (Wildman–Crippen MR) is 73.2 cm³/mol. The number of nitrogens with one attached hydrogen (secondary N) is 1. The summed E-state index contributed by atoms with van der Waals surface area (Å²) in [6.45, 7) is 4.07. The fourth-order valence-corrected chi connectivity index (χ4v) is 2.12. The first-order chi connectivity index (χ1) is 8.65. The highest BCUT2D eigenvalue weighted by atomic mass is 15.0. The van der Waals surface area contributed by atoms with Crippen LogP contribution in [0.1, 0.15) is 11.1 Å². The maximum Gasteiger partial charge on any atom is 0.178 e.